The fourth-order valence-corrected chi connectivity index (χ4v) is 3.13. The Morgan fingerprint density at radius 3 is 2.48 bits per heavy atom. The summed E-state index contributed by atoms with van der Waals surface area (Å²) in [7, 11) is 0. The van der Waals surface area contributed by atoms with E-state index >= 15 is 0 Å². The molecule has 8 heteroatoms. The summed E-state index contributed by atoms with van der Waals surface area (Å²) in [6.45, 7) is 2.09. The number of nitro groups is 1. The van der Waals surface area contributed by atoms with Crippen molar-refractivity contribution in [2.45, 2.75) is 6.92 Å². The maximum absolute atomic E-state index is 13.0. The number of benzene rings is 2. The van der Waals surface area contributed by atoms with Crippen LogP contribution in [0.5, 0.6) is 11.5 Å². The molecule has 0 bridgehead atoms. The van der Waals surface area contributed by atoms with E-state index in [0.717, 1.165) is 0 Å². The van der Waals surface area contributed by atoms with Crippen molar-refractivity contribution in [1.82, 2.24) is 4.90 Å². The number of ether oxygens (including phenoxy) is 1. The second-order valence-corrected chi connectivity index (χ2v) is 6.48. The highest BCUT2D eigenvalue weighted by molar-refractivity contribution is 5.98. The van der Waals surface area contributed by atoms with Crippen LogP contribution in [0.4, 0.5) is 5.69 Å². The van der Waals surface area contributed by atoms with Crippen molar-refractivity contribution in [3.8, 4) is 11.5 Å². The van der Waals surface area contributed by atoms with Crippen LogP contribution in [0.1, 0.15) is 17.3 Å². The molecule has 8 nitrogen and oxygen atoms in total. The highest BCUT2D eigenvalue weighted by Crippen LogP contribution is 2.32. The Labute approximate surface area is 155 Å². The zero-order valence-corrected chi connectivity index (χ0v) is 14.6. The van der Waals surface area contributed by atoms with E-state index < -0.39 is 22.7 Å². The van der Waals surface area contributed by atoms with Crippen molar-refractivity contribution in [3.05, 3.63) is 64.2 Å². The van der Waals surface area contributed by atoms with Gasteiger partial charge in [0.25, 0.3) is 11.6 Å². The van der Waals surface area contributed by atoms with Crippen LogP contribution in [0.3, 0.4) is 0 Å². The Morgan fingerprint density at radius 1 is 1.19 bits per heavy atom. The molecular formula is C19H18N2O6. The van der Waals surface area contributed by atoms with Gasteiger partial charge in [-0.25, -0.2) is 0 Å². The summed E-state index contributed by atoms with van der Waals surface area (Å²) in [5.41, 5.74) is -0.202. The van der Waals surface area contributed by atoms with Crippen LogP contribution in [0.15, 0.2) is 48.5 Å². The van der Waals surface area contributed by atoms with Gasteiger partial charge in [0.05, 0.1) is 16.4 Å². The van der Waals surface area contributed by atoms with Gasteiger partial charge in [-0.1, -0.05) is 25.1 Å². The molecule has 140 valence electrons. The molecule has 0 radical (unpaired) electrons. The summed E-state index contributed by atoms with van der Waals surface area (Å²) in [5.74, 6) is -1.64. The van der Waals surface area contributed by atoms with Crippen molar-refractivity contribution in [2.24, 2.45) is 11.8 Å². The van der Waals surface area contributed by atoms with Crippen LogP contribution in [-0.4, -0.2) is 39.9 Å². The number of amides is 1. The van der Waals surface area contributed by atoms with Gasteiger partial charge in [0.2, 0.25) is 0 Å². The van der Waals surface area contributed by atoms with Crippen LogP contribution in [0.2, 0.25) is 0 Å². The minimum atomic E-state index is -0.961. The van der Waals surface area contributed by atoms with Crippen molar-refractivity contribution in [2.75, 3.05) is 13.1 Å². The average molecular weight is 370 g/mol. The first-order chi connectivity index (χ1) is 12.9. The van der Waals surface area contributed by atoms with E-state index in [4.69, 9.17) is 4.74 Å². The Bertz CT molecular complexity index is 883. The number of hydrogen-bond donors (Lipinski definition) is 1. The number of carboxylic acids is 1. The smallest absolute Gasteiger partial charge is 0.308 e. The summed E-state index contributed by atoms with van der Waals surface area (Å²) in [4.78, 5) is 36.2. The van der Waals surface area contributed by atoms with E-state index in [0.29, 0.717) is 5.75 Å². The first kappa shape index (κ1) is 18.4. The normalized spacial score (nSPS) is 18.9. The van der Waals surface area contributed by atoms with Gasteiger partial charge in [-0.15, -0.1) is 0 Å². The lowest BCUT2D eigenvalue weighted by atomic mass is 9.99. The predicted molar refractivity (Wildman–Crippen MR) is 95.8 cm³/mol. The fraction of sp³-hybridized carbons (Fsp3) is 0.263. The van der Waals surface area contributed by atoms with Crippen molar-refractivity contribution in [3.63, 3.8) is 0 Å². The van der Waals surface area contributed by atoms with Crippen molar-refractivity contribution in [1.29, 1.82) is 0 Å². The van der Waals surface area contributed by atoms with Gasteiger partial charge in [-0.05, 0) is 24.1 Å². The molecule has 1 aliphatic rings. The number of carboxylic acid groups (broad SMARTS) is 1. The minimum absolute atomic E-state index is 0.0336. The van der Waals surface area contributed by atoms with E-state index in [2.05, 4.69) is 0 Å². The second kappa shape index (κ2) is 7.45. The molecule has 1 heterocycles. The molecule has 27 heavy (non-hydrogen) atoms. The minimum Gasteiger partial charge on any atom is -0.481 e. The van der Waals surface area contributed by atoms with Crippen LogP contribution < -0.4 is 4.74 Å². The lowest BCUT2D eigenvalue weighted by Crippen LogP contribution is -2.30. The number of carbonyl (C=O) groups is 2. The lowest BCUT2D eigenvalue weighted by Gasteiger charge is -2.18. The van der Waals surface area contributed by atoms with E-state index in [1.807, 2.05) is 6.07 Å². The molecular weight excluding hydrogens is 352 g/mol. The van der Waals surface area contributed by atoms with E-state index in [-0.39, 0.29) is 36.0 Å². The molecule has 1 N–H and O–H groups in total. The molecule has 0 aromatic heterocycles. The molecule has 0 unspecified atom stereocenters. The molecule has 2 atom stereocenters. The van der Waals surface area contributed by atoms with Crippen molar-refractivity contribution >= 4 is 17.6 Å². The molecule has 1 fully saturated rings. The van der Waals surface area contributed by atoms with Crippen LogP contribution in [-0.2, 0) is 4.79 Å². The highest BCUT2D eigenvalue weighted by Gasteiger charge is 2.38. The van der Waals surface area contributed by atoms with E-state index in [1.165, 1.54) is 23.1 Å². The molecule has 0 saturated carbocycles. The molecule has 2 aromatic carbocycles. The summed E-state index contributed by atoms with van der Waals surface area (Å²) < 4.78 is 5.74. The van der Waals surface area contributed by atoms with Crippen molar-refractivity contribution < 1.29 is 24.4 Å². The summed E-state index contributed by atoms with van der Waals surface area (Å²) in [6.07, 6.45) is 0. The maximum atomic E-state index is 13.0. The number of nitrogens with zero attached hydrogens (tertiary/aromatic N) is 2. The topological polar surface area (TPSA) is 110 Å². The third kappa shape index (κ3) is 3.89. The zero-order chi connectivity index (χ0) is 19.6. The van der Waals surface area contributed by atoms with Crippen LogP contribution in [0.25, 0.3) is 0 Å². The second-order valence-electron chi connectivity index (χ2n) is 6.48. The lowest BCUT2D eigenvalue weighted by molar-refractivity contribution is -0.384. The van der Waals surface area contributed by atoms with Gasteiger partial charge in [0.15, 0.2) is 0 Å². The zero-order valence-electron chi connectivity index (χ0n) is 14.6. The molecule has 3 rings (SSSR count). The van der Waals surface area contributed by atoms with E-state index in [1.54, 1.807) is 31.2 Å². The molecule has 0 spiro atoms. The number of rotatable bonds is 5. The third-order valence-corrected chi connectivity index (χ3v) is 4.59. The van der Waals surface area contributed by atoms with Gasteiger partial charge in [-0.2, -0.15) is 0 Å². The summed E-state index contributed by atoms with van der Waals surface area (Å²) in [5, 5.41) is 20.4. The molecule has 1 aliphatic heterocycles. The van der Waals surface area contributed by atoms with Gasteiger partial charge in [0, 0.05) is 25.2 Å². The maximum Gasteiger partial charge on any atom is 0.308 e. The summed E-state index contributed by atoms with van der Waals surface area (Å²) >= 11 is 0. The number of para-hydroxylation sites is 1. The number of likely N-dealkylation sites (tertiary alicyclic amines) is 1. The monoisotopic (exact) mass is 370 g/mol. The summed E-state index contributed by atoms with van der Waals surface area (Å²) in [6, 6.07) is 12.6. The molecule has 1 saturated heterocycles. The quantitative estimate of drug-likeness (QED) is 0.639. The molecule has 1 amide bonds. The predicted octanol–water partition coefficient (Wildman–Crippen LogP) is 3.18. The number of non-ortho nitro benzene ring substituents is 1. The Morgan fingerprint density at radius 2 is 1.89 bits per heavy atom. The first-order valence-electron chi connectivity index (χ1n) is 8.40. The van der Waals surface area contributed by atoms with Gasteiger partial charge in [0.1, 0.15) is 11.5 Å². The third-order valence-electron chi connectivity index (χ3n) is 4.59. The Kier molecular flexibility index (Phi) is 5.07. The number of aliphatic carboxylic acids is 1. The van der Waals surface area contributed by atoms with Gasteiger partial charge < -0.3 is 14.7 Å². The Balaban J connectivity index is 1.94. The SMILES string of the molecule is C[C@@H]1CN(C(=O)c2cc([N+](=O)[O-])ccc2Oc2ccccc2)C[C@H]1C(=O)O. The first-order valence-corrected chi connectivity index (χ1v) is 8.40. The number of carbonyl (C=O) groups excluding carboxylic acids is 1. The highest BCUT2D eigenvalue weighted by atomic mass is 16.6. The standard InChI is InChI=1S/C19H18N2O6/c1-12-10-20(11-16(12)19(23)24)18(22)15-9-13(21(25)26)7-8-17(15)27-14-5-3-2-4-6-14/h2-9,12,16H,10-11H2,1H3,(H,23,24)/t12-,16-/m1/s1. The van der Waals surface area contributed by atoms with Gasteiger partial charge in [-0.3, -0.25) is 19.7 Å². The fourth-order valence-electron chi connectivity index (χ4n) is 3.13. The van der Waals surface area contributed by atoms with E-state index in [9.17, 15) is 24.8 Å². The van der Waals surface area contributed by atoms with Gasteiger partial charge >= 0.3 is 5.97 Å². The molecule has 0 aliphatic carbocycles. The largest absolute Gasteiger partial charge is 0.481 e. The average Bonchev–Trinajstić information content (AvgIpc) is 3.04. The Hall–Kier alpha value is -3.42. The number of nitro benzene ring substituents is 1. The number of hydrogen-bond acceptors (Lipinski definition) is 5. The molecule has 2 aromatic rings. The van der Waals surface area contributed by atoms with Crippen LogP contribution >= 0.6 is 0 Å². The van der Waals surface area contributed by atoms with Crippen LogP contribution in [0, 0.1) is 22.0 Å².